The number of likely N-dealkylation sites (tertiary alicyclic amines) is 1. The number of carbonyl (C=O) groups excluding carboxylic acids is 2. The van der Waals surface area contributed by atoms with Crippen LogP contribution in [0.3, 0.4) is 0 Å². The van der Waals surface area contributed by atoms with Gasteiger partial charge in [-0.1, -0.05) is 37.3 Å². The second-order valence-corrected chi connectivity index (χ2v) is 6.56. The van der Waals surface area contributed by atoms with E-state index in [2.05, 4.69) is 10.2 Å². The molecule has 132 valence electrons. The predicted octanol–water partition coefficient (Wildman–Crippen LogP) is 2.15. The number of amides is 1. The van der Waals surface area contributed by atoms with E-state index in [1.807, 2.05) is 44.2 Å². The highest BCUT2D eigenvalue weighted by Gasteiger charge is 2.40. The van der Waals surface area contributed by atoms with Crippen molar-refractivity contribution in [2.75, 3.05) is 20.2 Å². The number of ether oxygens (including phenoxy) is 1. The maximum atomic E-state index is 12.9. The monoisotopic (exact) mass is 332 g/mol. The topological polar surface area (TPSA) is 58.6 Å². The molecule has 0 aliphatic carbocycles. The average molecular weight is 332 g/mol. The number of nitrogens with one attached hydrogen (secondary N) is 1. The first kappa shape index (κ1) is 18.5. The second kappa shape index (κ2) is 8.29. The van der Waals surface area contributed by atoms with Gasteiger partial charge in [0.2, 0.25) is 5.91 Å². The average Bonchev–Trinajstić information content (AvgIpc) is 3.15. The van der Waals surface area contributed by atoms with Gasteiger partial charge in [0, 0.05) is 6.42 Å². The highest BCUT2D eigenvalue weighted by molar-refractivity contribution is 5.90. The van der Waals surface area contributed by atoms with Gasteiger partial charge in [-0.15, -0.1) is 0 Å². The number of hydrogen-bond donors (Lipinski definition) is 1. The Morgan fingerprint density at radius 3 is 2.42 bits per heavy atom. The van der Waals surface area contributed by atoms with E-state index >= 15 is 0 Å². The lowest BCUT2D eigenvalue weighted by molar-refractivity contribution is -0.147. The van der Waals surface area contributed by atoms with Crippen LogP contribution in [0.15, 0.2) is 30.3 Å². The van der Waals surface area contributed by atoms with Crippen LogP contribution in [0.25, 0.3) is 0 Å². The molecule has 0 spiro atoms. The van der Waals surface area contributed by atoms with Crippen molar-refractivity contribution in [3.8, 4) is 0 Å². The SMILES string of the molecule is CC[C@@](C)(C(=O)N[C@@H](Cc1ccccc1)C(=O)OC)N1CCCC1. The van der Waals surface area contributed by atoms with Gasteiger partial charge >= 0.3 is 5.97 Å². The molecular weight excluding hydrogens is 304 g/mol. The molecule has 1 amide bonds. The van der Waals surface area contributed by atoms with Crippen LogP contribution in [0, 0.1) is 0 Å². The van der Waals surface area contributed by atoms with Crippen LogP contribution in [0.5, 0.6) is 0 Å². The summed E-state index contributed by atoms with van der Waals surface area (Å²) < 4.78 is 4.89. The molecule has 1 fully saturated rings. The fraction of sp³-hybridized carbons (Fsp3) is 0.579. The van der Waals surface area contributed by atoms with E-state index in [0.29, 0.717) is 12.8 Å². The van der Waals surface area contributed by atoms with Gasteiger partial charge in [-0.25, -0.2) is 4.79 Å². The summed E-state index contributed by atoms with van der Waals surface area (Å²) in [5.41, 5.74) is 0.409. The summed E-state index contributed by atoms with van der Waals surface area (Å²) in [4.78, 5) is 27.3. The third kappa shape index (κ3) is 4.15. The molecule has 5 heteroatoms. The second-order valence-electron chi connectivity index (χ2n) is 6.56. The van der Waals surface area contributed by atoms with Gasteiger partial charge in [0.15, 0.2) is 0 Å². The first-order chi connectivity index (χ1) is 11.5. The van der Waals surface area contributed by atoms with E-state index in [-0.39, 0.29) is 5.91 Å². The molecule has 2 atom stereocenters. The summed E-state index contributed by atoms with van der Waals surface area (Å²) in [6, 6.07) is 9.00. The number of hydrogen-bond acceptors (Lipinski definition) is 4. The van der Waals surface area contributed by atoms with Crippen LogP contribution in [0.1, 0.15) is 38.7 Å². The Morgan fingerprint density at radius 2 is 1.88 bits per heavy atom. The molecule has 0 aromatic heterocycles. The molecule has 1 aliphatic rings. The fourth-order valence-corrected chi connectivity index (χ4v) is 3.24. The normalized spacial score (nSPS) is 18.6. The molecule has 1 aliphatic heterocycles. The van der Waals surface area contributed by atoms with E-state index < -0.39 is 17.6 Å². The van der Waals surface area contributed by atoms with Crippen molar-refractivity contribution in [2.24, 2.45) is 0 Å². The van der Waals surface area contributed by atoms with Gasteiger partial charge in [-0.05, 0) is 44.8 Å². The Hall–Kier alpha value is -1.88. The summed E-state index contributed by atoms with van der Waals surface area (Å²) >= 11 is 0. The maximum absolute atomic E-state index is 12.9. The van der Waals surface area contributed by atoms with Crippen LogP contribution in [0.2, 0.25) is 0 Å². The minimum atomic E-state index is -0.668. The Balaban J connectivity index is 2.12. The van der Waals surface area contributed by atoms with Crippen molar-refractivity contribution in [2.45, 2.75) is 51.1 Å². The van der Waals surface area contributed by atoms with Crippen LogP contribution in [-0.4, -0.2) is 48.6 Å². The third-order valence-corrected chi connectivity index (χ3v) is 5.06. The lowest BCUT2D eigenvalue weighted by Crippen LogP contribution is -2.59. The van der Waals surface area contributed by atoms with Crippen LogP contribution < -0.4 is 5.32 Å². The molecule has 0 saturated carbocycles. The smallest absolute Gasteiger partial charge is 0.328 e. The van der Waals surface area contributed by atoms with Crippen molar-refractivity contribution >= 4 is 11.9 Å². The predicted molar refractivity (Wildman–Crippen MR) is 93.6 cm³/mol. The number of nitrogens with zero attached hydrogens (tertiary/aromatic N) is 1. The van der Waals surface area contributed by atoms with Gasteiger partial charge in [0.05, 0.1) is 12.6 Å². The summed E-state index contributed by atoms with van der Waals surface area (Å²) in [7, 11) is 1.35. The van der Waals surface area contributed by atoms with Crippen LogP contribution in [-0.2, 0) is 20.7 Å². The first-order valence-electron chi connectivity index (χ1n) is 8.69. The summed E-state index contributed by atoms with van der Waals surface area (Å²) in [6.07, 6.45) is 3.37. The summed E-state index contributed by atoms with van der Waals surface area (Å²) in [5.74, 6) is -0.509. The molecule has 1 aromatic rings. The Kier molecular flexibility index (Phi) is 6.37. The molecule has 0 radical (unpaired) electrons. The molecule has 0 unspecified atom stereocenters. The molecule has 1 aromatic carbocycles. The number of carbonyl (C=O) groups is 2. The minimum Gasteiger partial charge on any atom is -0.467 e. The summed E-state index contributed by atoms with van der Waals surface area (Å²) in [5, 5.41) is 2.93. The molecule has 2 rings (SSSR count). The Morgan fingerprint density at radius 1 is 1.25 bits per heavy atom. The zero-order valence-corrected chi connectivity index (χ0v) is 14.9. The number of esters is 1. The third-order valence-electron chi connectivity index (χ3n) is 5.06. The highest BCUT2D eigenvalue weighted by atomic mass is 16.5. The lowest BCUT2D eigenvalue weighted by atomic mass is 9.94. The van der Waals surface area contributed by atoms with Gasteiger partial charge in [0.1, 0.15) is 6.04 Å². The van der Waals surface area contributed by atoms with Crippen molar-refractivity contribution in [1.82, 2.24) is 10.2 Å². The molecule has 5 nitrogen and oxygen atoms in total. The Labute approximate surface area is 144 Å². The number of methoxy groups -OCH3 is 1. The first-order valence-corrected chi connectivity index (χ1v) is 8.69. The molecule has 0 bridgehead atoms. The largest absolute Gasteiger partial charge is 0.467 e. The van der Waals surface area contributed by atoms with E-state index in [1.165, 1.54) is 7.11 Å². The molecule has 24 heavy (non-hydrogen) atoms. The minimum absolute atomic E-state index is 0.0989. The maximum Gasteiger partial charge on any atom is 0.328 e. The highest BCUT2D eigenvalue weighted by Crippen LogP contribution is 2.25. The molecular formula is C19H28N2O3. The van der Waals surface area contributed by atoms with E-state index in [0.717, 1.165) is 31.5 Å². The lowest BCUT2D eigenvalue weighted by Gasteiger charge is -2.37. The van der Waals surface area contributed by atoms with Crippen LogP contribution >= 0.6 is 0 Å². The number of benzene rings is 1. The van der Waals surface area contributed by atoms with Gasteiger partial charge in [-0.3, -0.25) is 9.69 Å². The van der Waals surface area contributed by atoms with E-state index in [9.17, 15) is 9.59 Å². The van der Waals surface area contributed by atoms with E-state index in [4.69, 9.17) is 4.74 Å². The van der Waals surface area contributed by atoms with Crippen molar-refractivity contribution in [1.29, 1.82) is 0 Å². The fourth-order valence-electron chi connectivity index (χ4n) is 3.24. The Bertz CT molecular complexity index is 555. The molecule has 1 heterocycles. The van der Waals surface area contributed by atoms with E-state index in [1.54, 1.807) is 0 Å². The van der Waals surface area contributed by atoms with Gasteiger partial charge < -0.3 is 10.1 Å². The van der Waals surface area contributed by atoms with Gasteiger partial charge in [-0.2, -0.15) is 0 Å². The van der Waals surface area contributed by atoms with Crippen LogP contribution in [0.4, 0.5) is 0 Å². The summed E-state index contributed by atoms with van der Waals surface area (Å²) in [6.45, 7) is 5.84. The molecule has 1 saturated heterocycles. The zero-order chi connectivity index (χ0) is 17.6. The van der Waals surface area contributed by atoms with Crippen molar-refractivity contribution < 1.29 is 14.3 Å². The van der Waals surface area contributed by atoms with Crippen molar-refractivity contribution in [3.63, 3.8) is 0 Å². The molecule has 1 N–H and O–H groups in total. The quantitative estimate of drug-likeness (QED) is 0.777. The standard InChI is InChI=1S/C19H28N2O3/c1-4-19(2,21-12-8-9-13-21)18(23)20-16(17(22)24-3)14-15-10-6-5-7-11-15/h5-7,10-11,16H,4,8-9,12-14H2,1-3H3,(H,20,23)/t16-,19-/m0/s1. The van der Waals surface area contributed by atoms with Crippen molar-refractivity contribution in [3.05, 3.63) is 35.9 Å². The zero-order valence-electron chi connectivity index (χ0n) is 14.9. The van der Waals surface area contributed by atoms with Gasteiger partial charge in [0.25, 0.3) is 0 Å². The number of rotatable bonds is 7.